The molecule has 1 aliphatic heterocycles. The van der Waals surface area contributed by atoms with Gasteiger partial charge in [-0.15, -0.1) is 0 Å². The van der Waals surface area contributed by atoms with E-state index in [2.05, 4.69) is 20.4 Å². The summed E-state index contributed by atoms with van der Waals surface area (Å²) in [5, 5.41) is 6.94. The second-order valence-corrected chi connectivity index (χ2v) is 6.87. The predicted octanol–water partition coefficient (Wildman–Crippen LogP) is 3.00. The van der Waals surface area contributed by atoms with Crippen molar-refractivity contribution < 1.29 is 18.1 Å². The molecule has 1 N–H and O–H groups in total. The number of nitrogens with one attached hydrogen (secondary N) is 1. The van der Waals surface area contributed by atoms with E-state index in [-0.39, 0.29) is 17.6 Å². The molecular weight excluding hydrogens is 363 g/mol. The lowest BCUT2D eigenvalue weighted by atomic mass is 9.96. The molecule has 28 heavy (non-hydrogen) atoms. The fraction of sp³-hybridized carbons (Fsp3) is 0.350. The molecule has 1 aromatic carbocycles. The lowest BCUT2D eigenvalue weighted by Crippen LogP contribution is -2.40. The van der Waals surface area contributed by atoms with Gasteiger partial charge in [-0.25, -0.2) is 4.39 Å². The van der Waals surface area contributed by atoms with Crippen molar-refractivity contribution in [2.75, 3.05) is 13.1 Å². The standard InChI is InChI=1S/C20H21FN4O3/c21-16-5-3-15(4-6-16)20-23-18(24-28-20)13-25-9-7-14(8-10-25)19(26)22-12-17-2-1-11-27-17/h1-6,11,14H,7-10,12-13H2,(H,22,26). The summed E-state index contributed by atoms with van der Waals surface area (Å²) in [7, 11) is 0. The molecule has 3 heterocycles. The highest BCUT2D eigenvalue weighted by Crippen LogP contribution is 2.21. The third-order valence-corrected chi connectivity index (χ3v) is 4.90. The first-order valence-electron chi connectivity index (χ1n) is 9.28. The molecule has 8 heteroatoms. The highest BCUT2D eigenvalue weighted by molar-refractivity contribution is 5.78. The molecular formula is C20H21FN4O3. The Hall–Kier alpha value is -3.00. The summed E-state index contributed by atoms with van der Waals surface area (Å²) >= 11 is 0. The molecule has 0 aliphatic carbocycles. The molecule has 0 radical (unpaired) electrons. The molecule has 2 aromatic heterocycles. The summed E-state index contributed by atoms with van der Waals surface area (Å²) in [4.78, 5) is 18.9. The molecule has 4 rings (SSSR count). The zero-order chi connectivity index (χ0) is 19.3. The molecule has 0 atom stereocenters. The summed E-state index contributed by atoms with van der Waals surface area (Å²) < 4.78 is 23.5. The van der Waals surface area contributed by atoms with Gasteiger partial charge in [-0.2, -0.15) is 4.98 Å². The van der Waals surface area contributed by atoms with E-state index < -0.39 is 0 Å². The van der Waals surface area contributed by atoms with Gasteiger partial charge in [0.05, 0.1) is 19.4 Å². The number of likely N-dealkylation sites (tertiary alicyclic amines) is 1. The number of hydrogen-bond acceptors (Lipinski definition) is 6. The van der Waals surface area contributed by atoms with Crippen molar-refractivity contribution in [1.29, 1.82) is 0 Å². The van der Waals surface area contributed by atoms with Crippen molar-refractivity contribution in [3.63, 3.8) is 0 Å². The van der Waals surface area contributed by atoms with E-state index in [9.17, 15) is 9.18 Å². The van der Waals surface area contributed by atoms with Crippen molar-refractivity contribution in [2.24, 2.45) is 5.92 Å². The van der Waals surface area contributed by atoms with Crippen LogP contribution in [-0.2, 0) is 17.9 Å². The van der Waals surface area contributed by atoms with Crippen LogP contribution in [0.4, 0.5) is 4.39 Å². The Morgan fingerprint density at radius 1 is 1.21 bits per heavy atom. The zero-order valence-corrected chi connectivity index (χ0v) is 15.3. The van der Waals surface area contributed by atoms with Crippen molar-refractivity contribution >= 4 is 5.91 Å². The van der Waals surface area contributed by atoms with Crippen LogP contribution in [0, 0.1) is 11.7 Å². The molecule has 0 bridgehead atoms. The number of hydrogen-bond donors (Lipinski definition) is 1. The number of carbonyl (C=O) groups excluding carboxylic acids is 1. The summed E-state index contributed by atoms with van der Waals surface area (Å²) in [6.45, 7) is 2.56. The van der Waals surface area contributed by atoms with Crippen LogP contribution >= 0.6 is 0 Å². The van der Waals surface area contributed by atoms with E-state index in [4.69, 9.17) is 8.94 Å². The van der Waals surface area contributed by atoms with Gasteiger partial charge in [0.1, 0.15) is 11.6 Å². The van der Waals surface area contributed by atoms with E-state index in [1.54, 1.807) is 24.5 Å². The highest BCUT2D eigenvalue weighted by atomic mass is 19.1. The first kappa shape index (κ1) is 18.4. The van der Waals surface area contributed by atoms with Crippen LogP contribution in [0.5, 0.6) is 0 Å². The molecule has 0 spiro atoms. The van der Waals surface area contributed by atoms with Gasteiger partial charge in [0.25, 0.3) is 5.89 Å². The van der Waals surface area contributed by atoms with Gasteiger partial charge in [-0.1, -0.05) is 5.16 Å². The number of furan rings is 1. The summed E-state index contributed by atoms with van der Waals surface area (Å²) in [5.41, 5.74) is 0.687. The van der Waals surface area contributed by atoms with Crippen LogP contribution in [0.3, 0.4) is 0 Å². The smallest absolute Gasteiger partial charge is 0.257 e. The third kappa shape index (κ3) is 4.45. The fourth-order valence-electron chi connectivity index (χ4n) is 3.31. The Morgan fingerprint density at radius 2 is 2.00 bits per heavy atom. The molecule has 1 saturated heterocycles. The molecule has 0 unspecified atom stereocenters. The number of benzene rings is 1. The van der Waals surface area contributed by atoms with E-state index in [1.807, 2.05) is 6.07 Å². The van der Waals surface area contributed by atoms with Crippen LogP contribution in [0.2, 0.25) is 0 Å². The van der Waals surface area contributed by atoms with Gasteiger partial charge in [-0.3, -0.25) is 9.69 Å². The maximum absolute atomic E-state index is 13.0. The fourth-order valence-corrected chi connectivity index (χ4v) is 3.31. The highest BCUT2D eigenvalue weighted by Gasteiger charge is 2.25. The zero-order valence-electron chi connectivity index (χ0n) is 15.3. The van der Waals surface area contributed by atoms with Gasteiger partial charge in [-0.05, 0) is 62.3 Å². The molecule has 1 amide bonds. The Kier molecular flexibility index (Phi) is 5.48. The van der Waals surface area contributed by atoms with Crippen LogP contribution in [0.25, 0.3) is 11.5 Å². The van der Waals surface area contributed by atoms with E-state index in [0.717, 1.165) is 31.7 Å². The Morgan fingerprint density at radius 3 is 2.71 bits per heavy atom. The van der Waals surface area contributed by atoms with Crippen LogP contribution in [0.1, 0.15) is 24.4 Å². The summed E-state index contributed by atoms with van der Waals surface area (Å²) in [6.07, 6.45) is 3.17. The second kappa shape index (κ2) is 8.35. The van der Waals surface area contributed by atoms with Crippen LogP contribution in [0.15, 0.2) is 51.6 Å². The average molecular weight is 384 g/mol. The number of amides is 1. The van der Waals surface area contributed by atoms with E-state index in [1.165, 1.54) is 12.1 Å². The minimum Gasteiger partial charge on any atom is -0.467 e. The first-order valence-corrected chi connectivity index (χ1v) is 9.28. The Bertz CT molecular complexity index is 900. The Balaban J connectivity index is 1.25. The van der Waals surface area contributed by atoms with Gasteiger partial charge < -0.3 is 14.3 Å². The largest absolute Gasteiger partial charge is 0.467 e. The minimum atomic E-state index is -0.306. The molecule has 1 fully saturated rings. The summed E-state index contributed by atoms with van der Waals surface area (Å²) in [6, 6.07) is 9.59. The number of halogens is 1. The van der Waals surface area contributed by atoms with Crippen molar-refractivity contribution in [1.82, 2.24) is 20.4 Å². The average Bonchev–Trinajstić information content (AvgIpc) is 3.39. The lowest BCUT2D eigenvalue weighted by Gasteiger charge is -2.30. The maximum atomic E-state index is 13.0. The SMILES string of the molecule is O=C(NCc1ccco1)C1CCN(Cc2noc(-c3ccc(F)cc3)n2)CC1. The number of piperidine rings is 1. The topological polar surface area (TPSA) is 84.4 Å². The number of carbonyl (C=O) groups is 1. The van der Waals surface area contributed by atoms with E-state index in [0.29, 0.717) is 30.4 Å². The number of nitrogens with zero attached hydrogens (tertiary/aromatic N) is 3. The quantitative estimate of drug-likeness (QED) is 0.703. The number of rotatable bonds is 6. The first-order chi connectivity index (χ1) is 13.7. The van der Waals surface area contributed by atoms with Gasteiger partial charge in [0.15, 0.2) is 5.82 Å². The Labute approximate surface area is 161 Å². The van der Waals surface area contributed by atoms with Gasteiger partial charge in [0, 0.05) is 11.5 Å². The van der Waals surface area contributed by atoms with Crippen LogP contribution in [-0.4, -0.2) is 34.0 Å². The number of aromatic nitrogens is 2. The van der Waals surface area contributed by atoms with Gasteiger partial charge in [0.2, 0.25) is 5.91 Å². The molecule has 0 saturated carbocycles. The molecule has 7 nitrogen and oxygen atoms in total. The van der Waals surface area contributed by atoms with Crippen molar-refractivity contribution in [3.05, 3.63) is 60.1 Å². The third-order valence-electron chi connectivity index (χ3n) is 4.90. The maximum Gasteiger partial charge on any atom is 0.257 e. The molecule has 146 valence electrons. The normalized spacial score (nSPS) is 15.6. The van der Waals surface area contributed by atoms with E-state index >= 15 is 0 Å². The molecule has 3 aromatic rings. The van der Waals surface area contributed by atoms with Crippen molar-refractivity contribution in [3.8, 4) is 11.5 Å². The second-order valence-electron chi connectivity index (χ2n) is 6.87. The minimum absolute atomic E-state index is 0.00579. The van der Waals surface area contributed by atoms with Crippen molar-refractivity contribution in [2.45, 2.75) is 25.9 Å². The van der Waals surface area contributed by atoms with Gasteiger partial charge >= 0.3 is 0 Å². The lowest BCUT2D eigenvalue weighted by molar-refractivity contribution is -0.126. The molecule has 1 aliphatic rings. The monoisotopic (exact) mass is 384 g/mol. The van der Waals surface area contributed by atoms with Crippen LogP contribution < -0.4 is 5.32 Å². The predicted molar refractivity (Wildman–Crippen MR) is 98.2 cm³/mol. The summed E-state index contributed by atoms with van der Waals surface area (Å²) in [5.74, 6) is 1.47.